The van der Waals surface area contributed by atoms with Crippen molar-refractivity contribution in [1.29, 1.82) is 0 Å². The van der Waals surface area contributed by atoms with E-state index in [-0.39, 0.29) is 5.91 Å². The van der Waals surface area contributed by atoms with Gasteiger partial charge in [-0.15, -0.1) is 0 Å². The lowest BCUT2D eigenvalue weighted by atomic mass is 9.99. The van der Waals surface area contributed by atoms with Gasteiger partial charge in [0.25, 0.3) is 5.91 Å². The Morgan fingerprint density at radius 1 is 1.12 bits per heavy atom. The molecule has 24 heavy (non-hydrogen) atoms. The molecular weight excluding hydrogens is 300 g/mol. The molecule has 0 saturated carbocycles. The Morgan fingerprint density at radius 2 is 1.88 bits per heavy atom. The van der Waals surface area contributed by atoms with E-state index < -0.39 is 0 Å². The molecule has 0 N–H and O–H groups in total. The summed E-state index contributed by atoms with van der Waals surface area (Å²) < 4.78 is 3.68. The van der Waals surface area contributed by atoms with E-state index in [1.54, 1.807) is 10.9 Å². The van der Waals surface area contributed by atoms with Crippen molar-refractivity contribution in [2.24, 2.45) is 7.05 Å². The van der Waals surface area contributed by atoms with E-state index in [0.29, 0.717) is 11.5 Å². The van der Waals surface area contributed by atoms with Crippen LogP contribution in [0.1, 0.15) is 28.3 Å². The Hall–Kier alpha value is -2.82. The maximum Gasteiger partial charge on any atom is 0.259 e. The largest absolute Gasteiger partial charge is 0.338 e. The molecule has 2 aromatic heterocycles. The van der Waals surface area contributed by atoms with E-state index in [0.717, 1.165) is 25.3 Å². The molecule has 1 aromatic carbocycles. The molecule has 0 bridgehead atoms. The van der Waals surface area contributed by atoms with Gasteiger partial charge in [-0.2, -0.15) is 5.10 Å². The topological polar surface area (TPSA) is 43.1 Å². The van der Waals surface area contributed by atoms with E-state index in [1.165, 1.54) is 5.56 Å². The third kappa shape index (κ3) is 2.52. The lowest BCUT2D eigenvalue weighted by Gasteiger charge is -2.17. The van der Waals surface area contributed by atoms with Crippen molar-refractivity contribution in [1.82, 2.24) is 19.2 Å². The molecule has 0 radical (unpaired) electrons. The number of benzene rings is 1. The normalized spacial score (nSPS) is 17.4. The fourth-order valence-corrected chi connectivity index (χ4v) is 3.48. The predicted molar refractivity (Wildman–Crippen MR) is 92.2 cm³/mol. The molecular formula is C19H20N4O. The summed E-state index contributed by atoms with van der Waals surface area (Å²) in [5.41, 5.74) is 1.96. The van der Waals surface area contributed by atoms with Gasteiger partial charge >= 0.3 is 0 Å². The van der Waals surface area contributed by atoms with Crippen LogP contribution in [0.2, 0.25) is 0 Å². The van der Waals surface area contributed by atoms with Crippen molar-refractivity contribution >= 4 is 5.91 Å². The number of aromatic nitrogens is 3. The molecule has 5 nitrogen and oxygen atoms in total. The smallest absolute Gasteiger partial charge is 0.259 e. The number of likely N-dealkylation sites (tertiary alicyclic amines) is 1. The molecule has 5 heteroatoms. The molecule has 0 spiro atoms. The first kappa shape index (κ1) is 14.8. The van der Waals surface area contributed by atoms with Gasteiger partial charge in [0.15, 0.2) is 0 Å². The molecule has 1 saturated heterocycles. The number of hydrogen-bond acceptors (Lipinski definition) is 2. The Morgan fingerprint density at radius 3 is 2.62 bits per heavy atom. The summed E-state index contributed by atoms with van der Waals surface area (Å²) in [4.78, 5) is 15.0. The standard InChI is InChI=1S/C19H20N4O/c1-21-18(22-10-5-6-11-22)17(13-20-21)19(24)23-12-9-16(14-23)15-7-3-2-4-8-15/h2-8,10-11,13,16H,9,12,14H2,1H3. The fourth-order valence-electron chi connectivity index (χ4n) is 3.48. The minimum Gasteiger partial charge on any atom is -0.338 e. The summed E-state index contributed by atoms with van der Waals surface area (Å²) in [5, 5.41) is 4.29. The van der Waals surface area contributed by atoms with E-state index >= 15 is 0 Å². The zero-order valence-electron chi connectivity index (χ0n) is 13.7. The van der Waals surface area contributed by atoms with E-state index in [1.807, 2.05) is 47.1 Å². The Labute approximate surface area is 141 Å². The Kier molecular flexibility index (Phi) is 3.69. The van der Waals surface area contributed by atoms with Gasteiger partial charge in [0, 0.05) is 38.4 Å². The van der Waals surface area contributed by atoms with Gasteiger partial charge in [-0.1, -0.05) is 30.3 Å². The monoisotopic (exact) mass is 320 g/mol. The quantitative estimate of drug-likeness (QED) is 0.745. The van der Waals surface area contributed by atoms with Crippen molar-refractivity contribution in [2.45, 2.75) is 12.3 Å². The van der Waals surface area contributed by atoms with Crippen LogP contribution in [0.4, 0.5) is 0 Å². The zero-order valence-corrected chi connectivity index (χ0v) is 13.7. The zero-order chi connectivity index (χ0) is 16.5. The Balaban J connectivity index is 1.58. The molecule has 0 aliphatic carbocycles. The Bertz CT molecular complexity index is 836. The van der Waals surface area contributed by atoms with Crippen molar-refractivity contribution in [2.75, 3.05) is 13.1 Å². The fraction of sp³-hybridized carbons (Fsp3) is 0.263. The first-order valence-corrected chi connectivity index (χ1v) is 8.23. The van der Waals surface area contributed by atoms with Gasteiger partial charge in [0.05, 0.1) is 6.20 Å². The second-order valence-corrected chi connectivity index (χ2v) is 6.24. The van der Waals surface area contributed by atoms with Crippen LogP contribution < -0.4 is 0 Å². The number of amides is 1. The molecule has 1 aliphatic heterocycles. The van der Waals surface area contributed by atoms with Gasteiger partial charge in [-0.3, -0.25) is 9.48 Å². The van der Waals surface area contributed by atoms with Crippen LogP contribution in [0.25, 0.3) is 5.82 Å². The third-order valence-electron chi connectivity index (χ3n) is 4.73. The average molecular weight is 320 g/mol. The summed E-state index contributed by atoms with van der Waals surface area (Å²) in [6.45, 7) is 1.56. The van der Waals surface area contributed by atoms with Crippen LogP contribution in [0, 0.1) is 0 Å². The number of carbonyl (C=O) groups is 1. The lowest BCUT2D eigenvalue weighted by Crippen LogP contribution is -2.29. The molecule has 4 rings (SSSR count). The van der Waals surface area contributed by atoms with Crippen molar-refractivity contribution in [3.63, 3.8) is 0 Å². The number of nitrogens with zero attached hydrogens (tertiary/aromatic N) is 4. The average Bonchev–Trinajstić information content (AvgIpc) is 3.35. The van der Waals surface area contributed by atoms with Gasteiger partial charge in [0.1, 0.15) is 11.4 Å². The van der Waals surface area contributed by atoms with Crippen LogP contribution in [-0.2, 0) is 7.05 Å². The summed E-state index contributed by atoms with van der Waals surface area (Å²) in [7, 11) is 1.86. The highest BCUT2D eigenvalue weighted by atomic mass is 16.2. The van der Waals surface area contributed by atoms with Crippen LogP contribution in [0.15, 0.2) is 61.1 Å². The van der Waals surface area contributed by atoms with E-state index in [9.17, 15) is 4.79 Å². The molecule has 1 unspecified atom stereocenters. The lowest BCUT2D eigenvalue weighted by molar-refractivity contribution is 0.0790. The predicted octanol–water partition coefficient (Wildman–Crippen LogP) is 2.84. The first-order chi connectivity index (χ1) is 11.7. The van der Waals surface area contributed by atoms with Crippen LogP contribution in [-0.4, -0.2) is 38.2 Å². The second-order valence-electron chi connectivity index (χ2n) is 6.24. The minimum absolute atomic E-state index is 0.0604. The number of carbonyl (C=O) groups excluding carboxylic acids is 1. The summed E-state index contributed by atoms with van der Waals surface area (Å²) in [6, 6.07) is 14.3. The highest BCUT2D eigenvalue weighted by molar-refractivity contribution is 5.97. The molecule has 1 amide bonds. The van der Waals surface area contributed by atoms with Crippen molar-refractivity contribution < 1.29 is 4.79 Å². The summed E-state index contributed by atoms with van der Waals surface area (Å²) in [6.07, 6.45) is 6.55. The van der Waals surface area contributed by atoms with Gasteiger partial charge in [-0.05, 0) is 24.1 Å². The maximum absolute atomic E-state index is 13.0. The first-order valence-electron chi connectivity index (χ1n) is 8.23. The number of rotatable bonds is 3. The minimum atomic E-state index is 0.0604. The molecule has 1 atom stereocenters. The van der Waals surface area contributed by atoms with Gasteiger partial charge in [-0.25, -0.2) is 0 Å². The summed E-state index contributed by atoms with van der Waals surface area (Å²) >= 11 is 0. The molecule has 1 aliphatic rings. The van der Waals surface area contributed by atoms with Gasteiger partial charge < -0.3 is 9.47 Å². The second kappa shape index (κ2) is 6.00. The van der Waals surface area contributed by atoms with Crippen LogP contribution >= 0.6 is 0 Å². The van der Waals surface area contributed by atoms with E-state index in [4.69, 9.17) is 0 Å². The molecule has 3 aromatic rings. The van der Waals surface area contributed by atoms with Crippen LogP contribution in [0.3, 0.4) is 0 Å². The number of aryl methyl sites for hydroxylation is 1. The third-order valence-corrected chi connectivity index (χ3v) is 4.73. The van der Waals surface area contributed by atoms with Crippen molar-refractivity contribution in [3.8, 4) is 5.82 Å². The number of hydrogen-bond donors (Lipinski definition) is 0. The van der Waals surface area contributed by atoms with Gasteiger partial charge in [0.2, 0.25) is 0 Å². The van der Waals surface area contributed by atoms with Crippen molar-refractivity contribution in [3.05, 3.63) is 72.2 Å². The molecule has 3 heterocycles. The van der Waals surface area contributed by atoms with Crippen LogP contribution in [0.5, 0.6) is 0 Å². The molecule has 1 fully saturated rings. The van der Waals surface area contributed by atoms with E-state index in [2.05, 4.69) is 29.4 Å². The summed E-state index contributed by atoms with van der Waals surface area (Å²) in [5.74, 6) is 1.29. The highest BCUT2D eigenvalue weighted by Gasteiger charge is 2.30. The maximum atomic E-state index is 13.0. The SMILES string of the molecule is Cn1ncc(C(=O)N2CCC(c3ccccc3)C2)c1-n1cccc1. The highest BCUT2D eigenvalue weighted by Crippen LogP contribution is 2.28. The molecule has 122 valence electrons.